The zero-order valence-electron chi connectivity index (χ0n) is 15.1. The van der Waals surface area contributed by atoms with Crippen molar-refractivity contribution in [3.05, 3.63) is 11.1 Å². The highest BCUT2D eigenvalue weighted by Gasteiger charge is 2.39. The van der Waals surface area contributed by atoms with Gasteiger partial charge in [0.2, 0.25) is 5.28 Å². The van der Waals surface area contributed by atoms with E-state index in [9.17, 15) is 5.11 Å². The average Bonchev–Trinajstić information content (AvgIpc) is 3.28. The van der Waals surface area contributed by atoms with Gasteiger partial charge in [0.1, 0.15) is 5.82 Å². The number of morpholine rings is 1. The van der Waals surface area contributed by atoms with Crippen molar-refractivity contribution in [2.24, 2.45) is 0 Å². The number of anilines is 1. The molecule has 3 heterocycles. The molecule has 0 unspecified atom stereocenters. The highest BCUT2D eigenvalue weighted by molar-refractivity contribution is 6.28. The topological polar surface area (TPSA) is 76.3 Å². The summed E-state index contributed by atoms with van der Waals surface area (Å²) in [7, 11) is 0. The molecular formula is C17H26ClN5O2. The first-order chi connectivity index (χ1) is 12.1. The Balaban J connectivity index is 0.000000880. The van der Waals surface area contributed by atoms with Crippen molar-refractivity contribution >= 4 is 28.6 Å². The predicted octanol–water partition coefficient (Wildman–Crippen LogP) is 2.57. The molecule has 2 aromatic heterocycles. The van der Waals surface area contributed by atoms with Crippen molar-refractivity contribution in [3.63, 3.8) is 0 Å². The zero-order valence-corrected chi connectivity index (χ0v) is 15.9. The van der Waals surface area contributed by atoms with E-state index in [1.165, 1.54) is 0 Å². The van der Waals surface area contributed by atoms with Crippen LogP contribution >= 0.6 is 11.6 Å². The van der Waals surface area contributed by atoms with Crippen molar-refractivity contribution in [2.75, 3.05) is 31.2 Å². The molecule has 2 fully saturated rings. The fourth-order valence-corrected chi connectivity index (χ4v) is 3.21. The first-order valence-electron chi connectivity index (χ1n) is 9.01. The molecule has 1 aliphatic carbocycles. The van der Waals surface area contributed by atoms with Crippen molar-refractivity contribution in [1.82, 2.24) is 19.5 Å². The molecule has 0 radical (unpaired) electrons. The first kappa shape index (κ1) is 18.4. The molecular weight excluding hydrogens is 342 g/mol. The molecule has 0 aromatic carbocycles. The van der Waals surface area contributed by atoms with Crippen LogP contribution in [0.25, 0.3) is 11.2 Å². The quantitative estimate of drug-likeness (QED) is 0.837. The summed E-state index contributed by atoms with van der Waals surface area (Å²) in [4.78, 5) is 15.6. The summed E-state index contributed by atoms with van der Waals surface area (Å²) < 4.78 is 7.43. The van der Waals surface area contributed by atoms with E-state index < -0.39 is 5.60 Å². The van der Waals surface area contributed by atoms with Crippen LogP contribution in [0.2, 0.25) is 5.28 Å². The standard InChI is InChI=1S/C15H20ClN5O2.C2H6/c1-10-17-11-12(20-6-8-23-9-7-20)18-14(16)19-13(11)21(10)5-4-15(22)2-3-15;1-2/h22H,2-9H2,1H3;1-2H3. The minimum absolute atomic E-state index is 0.227. The molecule has 2 aliphatic rings. The second-order valence-electron chi connectivity index (χ2n) is 6.37. The predicted molar refractivity (Wildman–Crippen MR) is 98.3 cm³/mol. The molecule has 4 rings (SSSR count). The van der Waals surface area contributed by atoms with Gasteiger partial charge >= 0.3 is 0 Å². The molecule has 1 N–H and O–H groups in total. The number of imidazole rings is 1. The van der Waals surface area contributed by atoms with Crippen LogP contribution in [-0.2, 0) is 11.3 Å². The summed E-state index contributed by atoms with van der Waals surface area (Å²) in [6, 6.07) is 0. The SMILES string of the molecule is CC.Cc1nc2c(N3CCOCC3)nc(Cl)nc2n1CCC1(O)CC1. The molecule has 2 aromatic rings. The number of hydrogen-bond donors (Lipinski definition) is 1. The Morgan fingerprint density at radius 1 is 1.16 bits per heavy atom. The maximum absolute atomic E-state index is 10.1. The van der Waals surface area contributed by atoms with Crippen LogP contribution in [0.1, 0.15) is 38.9 Å². The summed E-state index contributed by atoms with van der Waals surface area (Å²) in [6.07, 6.45) is 2.48. The van der Waals surface area contributed by atoms with Crippen LogP contribution in [0.5, 0.6) is 0 Å². The fraction of sp³-hybridized carbons (Fsp3) is 0.706. The van der Waals surface area contributed by atoms with Gasteiger partial charge in [0.25, 0.3) is 0 Å². The van der Waals surface area contributed by atoms with E-state index in [-0.39, 0.29) is 5.28 Å². The lowest BCUT2D eigenvalue weighted by Crippen LogP contribution is -2.37. The van der Waals surface area contributed by atoms with E-state index in [0.29, 0.717) is 26.2 Å². The number of halogens is 1. The average molecular weight is 368 g/mol. The van der Waals surface area contributed by atoms with Crippen LogP contribution in [-0.4, -0.2) is 56.5 Å². The smallest absolute Gasteiger partial charge is 0.226 e. The van der Waals surface area contributed by atoms with Gasteiger partial charge in [0.05, 0.1) is 18.8 Å². The number of hydrogen-bond acceptors (Lipinski definition) is 6. The Bertz CT molecular complexity index is 738. The molecule has 138 valence electrons. The maximum Gasteiger partial charge on any atom is 0.226 e. The molecule has 0 atom stereocenters. The number of rotatable bonds is 4. The first-order valence-corrected chi connectivity index (χ1v) is 9.39. The van der Waals surface area contributed by atoms with E-state index in [2.05, 4.69) is 19.9 Å². The molecule has 0 bridgehead atoms. The van der Waals surface area contributed by atoms with Gasteiger partial charge in [-0.15, -0.1) is 0 Å². The van der Waals surface area contributed by atoms with Gasteiger partial charge in [-0.25, -0.2) is 4.98 Å². The maximum atomic E-state index is 10.1. The van der Waals surface area contributed by atoms with Crippen molar-refractivity contribution < 1.29 is 9.84 Å². The molecule has 8 heteroatoms. The Morgan fingerprint density at radius 3 is 2.48 bits per heavy atom. The van der Waals surface area contributed by atoms with Crippen LogP contribution in [0, 0.1) is 6.92 Å². The number of aliphatic hydroxyl groups is 1. The van der Waals surface area contributed by atoms with E-state index in [4.69, 9.17) is 16.3 Å². The number of aromatic nitrogens is 4. The Morgan fingerprint density at radius 2 is 1.84 bits per heavy atom. The molecule has 25 heavy (non-hydrogen) atoms. The molecule has 0 spiro atoms. The lowest BCUT2D eigenvalue weighted by atomic mass is 10.2. The van der Waals surface area contributed by atoms with Gasteiger partial charge in [-0.2, -0.15) is 9.97 Å². The Hall–Kier alpha value is -1.44. The second kappa shape index (κ2) is 7.43. The van der Waals surface area contributed by atoms with Crippen LogP contribution in [0.4, 0.5) is 5.82 Å². The van der Waals surface area contributed by atoms with Gasteiger partial charge in [0, 0.05) is 19.6 Å². The van der Waals surface area contributed by atoms with E-state index in [0.717, 1.165) is 48.7 Å². The number of nitrogens with zero attached hydrogens (tertiary/aromatic N) is 5. The van der Waals surface area contributed by atoms with Gasteiger partial charge in [-0.05, 0) is 37.8 Å². The molecule has 7 nitrogen and oxygen atoms in total. The lowest BCUT2D eigenvalue weighted by Gasteiger charge is -2.27. The van der Waals surface area contributed by atoms with Crippen LogP contribution < -0.4 is 4.90 Å². The summed E-state index contributed by atoms with van der Waals surface area (Å²) >= 11 is 6.16. The molecule has 1 aliphatic heterocycles. The molecule has 1 saturated carbocycles. The van der Waals surface area contributed by atoms with E-state index in [1.807, 2.05) is 25.3 Å². The van der Waals surface area contributed by atoms with Crippen molar-refractivity contribution in [2.45, 2.75) is 52.2 Å². The van der Waals surface area contributed by atoms with Gasteiger partial charge in [-0.3, -0.25) is 0 Å². The number of fused-ring (bicyclic) bond motifs is 1. The Labute approximate surface area is 153 Å². The van der Waals surface area contributed by atoms with E-state index >= 15 is 0 Å². The van der Waals surface area contributed by atoms with Crippen LogP contribution in [0.15, 0.2) is 0 Å². The van der Waals surface area contributed by atoms with E-state index in [1.54, 1.807) is 0 Å². The zero-order chi connectivity index (χ0) is 18.0. The molecule has 0 amide bonds. The van der Waals surface area contributed by atoms with Gasteiger partial charge in [-0.1, -0.05) is 13.8 Å². The minimum Gasteiger partial charge on any atom is -0.390 e. The summed E-state index contributed by atoms with van der Waals surface area (Å²) in [5.41, 5.74) is 1.03. The van der Waals surface area contributed by atoms with Gasteiger partial charge < -0.3 is 19.3 Å². The largest absolute Gasteiger partial charge is 0.390 e. The number of ether oxygens (including phenoxy) is 1. The second-order valence-corrected chi connectivity index (χ2v) is 6.71. The highest BCUT2D eigenvalue weighted by atomic mass is 35.5. The summed E-state index contributed by atoms with van der Waals surface area (Å²) in [5, 5.41) is 10.3. The third-order valence-electron chi connectivity index (χ3n) is 4.68. The number of aryl methyl sites for hydroxylation is 2. The third kappa shape index (κ3) is 3.88. The molecule has 1 saturated heterocycles. The monoisotopic (exact) mass is 367 g/mol. The van der Waals surface area contributed by atoms with Crippen LogP contribution in [0.3, 0.4) is 0 Å². The van der Waals surface area contributed by atoms with Crippen molar-refractivity contribution in [1.29, 1.82) is 0 Å². The summed E-state index contributed by atoms with van der Waals surface area (Å²) in [5.74, 6) is 1.64. The normalized spacial score (nSPS) is 18.8. The van der Waals surface area contributed by atoms with Crippen molar-refractivity contribution in [3.8, 4) is 0 Å². The lowest BCUT2D eigenvalue weighted by molar-refractivity contribution is 0.122. The van der Waals surface area contributed by atoms with Gasteiger partial charge in [0.15, 0.2) is 17.0 Å². The third-order valence-corrected chi connectivity index (χ3v) is 4.85. The fourth-order valence-electron chi connectivity index (χ4n) is 3.05. The Kier molecular flexibility index (Phi) is 5.46. The minimum atomic E-state index is -0.493. The highest BCUT2D eigenvalue weighted by Crippen LogP contribution is 2.39. The summed E-state index contributed by atoms with van der Waals surface area (Å²) in [6.45, 7) is 9.54.